The van der Waals surface area contributed by atoms with Gasteiger partial charge in [-0.2, -0.15) is 0 Å². The van der Waals surface area contributed by atoms with Crippen LogP contribution in [-0.2, 0) is 0 Å². The van der Waals surface area contributed by atoms with E-state index in [0.717, 1.165) is 4.90 Å². The molecule has 0 aliphatic carbocycles. The molecule has 3 heteroatoms. The Morgan fingerprint density at radius 3 is 2.54 bits per heavy atom. The van der Waals surface area contributed by atoms with Crippen molar-refractivity contribution in [1.82, 2.24) is 0 Å². The van der Waals surface area contributed by atoms with Crippen LogP contribution in [0.25, 0.3) is 0 Å². The van der Waals surface area contributed by atoms with Crippen molar-refractivity contribution in [2.45, 2.75) is 11.0 Å². The monoisotopic (exact) mass is 196 g/mol. The number of aliphatic hydroxyl groups excluding tert-OH is 1. The van der Waals surface area contributed by atoms with Crippen molar-refractivity contribution in [1.29, 1.82) is 0 Å². The van der Waals surface area contributed by atoms with Gasteiger partial charge in [0.1, 0.15) is 5.75 Å². The van der Waals surface area contributed by atoms with Gasteiger partial charge >= 0.3 is 0 Å². The summed E-state index contributed by atoms with van der Waals surface area (Å²) in [6.07, 6.45) is 1.03. The Kier molecular flexibility index (Phi) is 3.86. The van der Waals surface area contributed by atoms with Crippen LogP contribution < -0.4 is 0 Å². The van der Waals surface area contributed by atoms with E-state index in [0.29, 0.717) is 5.75 Å². The minimum absolute atomic E-state index is 0.258. The molecule has 1 unspecified atom stereocenters. The minimum atomic E-state index is -0.473. The summed E-state index contributed by atoms with van der Waals surface area (Å²) in [5, 5.41) is 18.2. The number of aromatic hydroxyl groups is 1. The Bertz CT molecular complexity index is 269. The lowest BCUT2D eigenvalue weighted by Gasteiger charge is -2.04. The summed E-state index contributed by atoms with van der Waals surface area (Å²) < 4.78 is 0. The average molecular weight is 196 g/mol. The van der Waals surface area contributed by atoms with Crippen LogP contribution >= 0.6 is 11.8 Å². The topological polar surface area (TPSA) is 40.5 Å². The minimum Gasteiger partial charge on any atom is -0.508 e. The highest BCUT2D eigenvalue weighted by Crippen LogP contribution is 2.21. The zero-order valence-electron chi connectivity index (χ0n) is 7.18. The molecule has 1 rings (SSSR count). The van der Waals surface area contributed by atoms with Crippen LogP contribution in [0.1, 0.15) is 0 Å². The molecule has 1 aromatic rings. The maximum atomic E-state index is 9.19. The van der Waals surface area contributed by atoms with Gasteiger partial charge in [-0.05, 0) is 24.3 Å². The summed E-state index contributed by atoms with van der Waals surface area (Å²) in [4.78, 5) is 1.03. The first-order valence-corrected chi connectivity index (χ1v) is 4.93. The summed E-state index contributed by atoms with van der Waals surface area (Å²) in [6, 6.07) is 6.89. The molecule has 70 valence electrons. The highest BCUT2D eigenvalue weighted by atomic mass is 32.2. The molecule has 0 bridgehead atoms. The fourth-order valence-electron chi connectivity index (χ4n) is 0.792. The van der Waals surface area contributed by atoms with Gasteiger partial charge in [-0.15, -0.1) is 18.3 Å². The Balaban J connectivity index is 2.45. The summed E-state index contributed by atoms with van der Waals surface area (Å²) in [6.45, 7) is 3.48. The van der Waals surface area contributed by atoms with E-state index in [4.69, 9.17) is 5.11 Å². The van der Waals surface area contributed by atoms with E-state index in [9.17, 15) is 5.11 Å². The average Bonchev–Trinajstić information content (AvgIpc) is 2.16. The van der Waals surface area contributed by atoms with Crippen molar-refractivity contribution in [3.63, 3.8) is 0 Å². The highest BCUT2D eigenvalue weighted by molar-refractivity contribution is 7.99. The van der Waals surface area contributed by atoms with E-state index < -0.39 is 6.10 Å². The zero-order chi connectivity index (χ0) is 9.68. The molecule has 0 spiro atoms. The fraction of sp³-hybridized carbons (Fsp3) is 0.200. The van der Waals surface area contributed by atoms with Gasteiger partial charge in [0.2, 0.25) is 0 Å². The summed E-state index contributed by atoms with van der Waals surface area (Å²) in [5.41, 5.74) is 0. The molecule has 0 amide bonds. The van der Waals surface area contributed by atoms with E-state index in [1.165, 1.54) is 17.8 Å². The van der Waals surface area contributed by atoms with E-state index >= 15 is 0 Å². The largest absolute Gasteiger partial charge is 0.508 e. The number of rotatable bonds is 4. The van der Waals surface area contributed by atoms with Crippen LogP contribution in [0.15, 0.2) is 41.8 Å². The number of hydrogen-bond acceptors (Lipinski definition) is 3. The van der Waals surface area contributed by atoms with Crippen molar-refractivity contribution >= 4 is 11.8 Å². The van der Waals surface area contributed by atoms with Gasteiger partial charge < -0.3 is 10.2 Å². The predicted octanol–water partition coefficient (Wildman–Crippen LogP) is 2.03. The maximum Gasteiger partial charge on any atom is 0.115 e. The first kappa shape index (κ1) is 10.2. The van der Waals surface area contributed by atoms with Crippen LogP contribution in [0.5, 0.6) is 5.75 Å². The number of benzene rings is 1. The Labute approximate surface area is 81.9 Å². The second kappa shape index (κ2) is 4.94. The summed E-state index contributed by atoms with van der Waals surface area (Å²) in [5.74, 6) is 0.850. The molecule has 1 aromatic carbocycles. The van der Waals surface area contributed by atoms with E-state index in [-0.39, 0.29) is 5.75 Å². The first-order chi connectivity index (χ1) is 6.22. The molecule has 0 saturated heterocycles. The fourth-order valence-corrected chi connectivity index (χ4v) is 1.62. The predicted molar refractivity (Wildman–Crippen MR) is 55.0 cm³/mol. The van der Waals surface area contributed by atoms with E-state index in [1.807, 2.05) is 12.1 Å². The second-order valence-corrected chi connectivity index (χ2v) is 3.70. The van der Waals surface area contributed by atoms with Gasteiger partial charge in [0.25, 0.3) is 0 Å². The molecule has 0 heterocycles. The number of aliphatic hydroxyl groups is 1. The smallest absolute Gasteiger partial charge is 0.115 e. The number of phenols is 1. The summed E-state index contributed by atoms with van der Waals surface area (Å²) in [7, 11) is 0. The molecule has 0 aliphatic heterocycles. The Morgan fingerprint density at radius 2 is 2.00 bits per heavy atom. The Hall–Kier alpha value is -0.930. The molecule has 2 N–H and O–H groups in total. The number of hydrogen-bond donors (Lipinski definition) is 2. The maximum absolute atomic E-state index is 9.19. The van der Waals surface area contributed by atoms with Gasteiger partial charge in [0.15, 0.2) is 0 Å². The molecule has 0 radical (unpaired) electrons. The molecule has 2 nitrogen and oxygen atoms in total. The lowest BCUT2D eigenvalue weighted by Crippen LogP contribution is -2.04. The van der Waals surface area contributed by atoms with Gasteiger partial charge in [0, 0.05) is 10.6 Å². The van der Waals surface area contributed by atoms with Crippen molar-refractivity contribution in [3.8, 4) is 5.75 Å². The van der Waals surface area contributed by atoms with Crippen LogP contribution in [0.4, 0.5) is 0 Å². The van der Waals surface area contributed by atoms with E-state index in [1.54, 1.807) is 12.1 Å². The Morgan fingerprint density at radius 1 is 1.38 bits per heavy atom. The van der Waals surface area contributed by atoms with Crippen molar-refractivity contribution in [2.75, 3.05) is 5.75 Å². The second-order valence-electron chi connectivity index (χ2n) is 2.61. The summed E-state index contributed by atoms with van der Waals surface area (Å²) >= 11 is 1.53. The first-order valence-electron chi connectivity index (χ1n) is 3.95. The molecule has 0 aliphatic rings. The van der Waals surface area contributed by atoms with Gasteiger partial charge in [-0.1, -0.05) is 6.08 Å². The molecule has 0 aromatic heterocycles. The molecule has 13 heavy (non-hydrogen) atoms. The van der Waals surface area contributed by atoms with Gasteiger partial charge in [0.05, 0.1) is 6.10 Å². The van der Waals surface area contributed by atoms with Gasteiger partial charge in [-0.3, -0.25) is 0 Å². The SMILES string of the molecule is C=CC(O)CSc1ccc(O)cc1. The van der Waals surface area contributed by atoms with Crippen molar-refractivity contribution in [2.24, 2.45) is 0 Å². The quantitative estimate of drug-likeness (QED) is 0.572. The molecular weight excluding hydrogens is 184 g/mol. The van der Waals surface area contributed by atoms with Crippen molar-refractivity contribution in [3.05, 3.63) is 36.9 Å². The zero-order valence-corrected chi connectivity index (χ0v) is 8.00. The van der Waals surface area contributed by atoms with Crippen LogP contribution in [0.3, 0.4) is 0 Å². The van der Waals surface area contributed by atoms with Gasteiger partial charge in [-0.25, -0.2) is 0 Å². The molecular formula is C10H12O2S. The third-order valence-electron chi connectivity index (χ3n) is 1.53. The van der Waals surface area contributed by atoms with Crippen LogP contribution in [0, 0.1) is 0 Å². The standard InChI is InChI=1S/C10H12O2S/c1-2-8(11)7-13-10-5-3-9(12)4-6-10/h2-6,8,11-12H,1,7H2. The number of phenolic OH excluding ortho intramolecular Hbond substituents is 1. The molecule has 1 atom stereocenters. The van der Waals surface area contributed by atoms with E-state index in [2.05, 4.69) is 6.58 Å². The van der Waals surface area contributed by atoms with Crippen LogP contribution in [0.2, 0.25) is 0 Å². The third-order valence-corrected chi connectivity index (χ3v) is 2.64. The highest BCUT2D eigenvalue weighted by Gasteiger charge is 1.99. The normalized spacial score (nSPS) is 12.4. The lowest BCUT2D eigenvalue weighted by atomic mass is 10.3. The van der Waals surface area contributed by atoms with Crippen LogP contribution in [-0.4, -0.2) is 22.1 Å². The molecule has 0 fully saturated rings. The van der Waals surface area contributed by atoms with Crippen molar-refractivity contribution < 1.29 is 10.2 Å². The number of thioether (sulfide) groups is 1. The molecule has 0 saturated carbocycles. The third kappa shape index (κ3) is 3.53. The lowest BCUT2D eigenvalue weighted by molar-refractivity contribution is 0.249.